The molecule has 4 rings (SSSR count). The zero-order valence-corrected chi connectivity index (χ0v) is 21.8. The molecule has 0 aliphatic carbocycles. The van der Waals surface area contributed by atoms with Crippen molar-refractivity contribution in [3.63, 3.8) is 0 Å². The van der Waals surface area contributed by atoms with Crippen LogP contribution in [0.5, 0.6) is 5.88 Å². The van der Waals surface area contributed by atoms with Crippen LogP contribution in [0.25, 0.3) is 0 Å². The summed E-state index contributed by atoms with van der Waals surface area (Å²) in [6, 6.07) is 8.08. The quantitative estimate of drug-likeness (QED) is 0.407. The Bertz CT molecular complexity index is 1320. The number of aromatic nitrogens is 3. The molecule has 4 heterocycles. The standard InChI is InChI=1S/C27H30F3N5O4/c1-4-18(16-9-10-23(31-14-16)27(28,29)30)33-25(36)17-13-21(35-11-12-39-15-22(17)35)26(37)34-19(5-2)20-7-6-8-24(32-20)38-3/h6-10,13-14,18-19H,4-5,11-12,15H2,1-3H3,(H,33,36)(H,34,37)/t18-,19-/m1/s1. The Hall–Kier alpha value is -3.93. The predicted octanol–water partition coefficient (Wildman–Crippen LogP) is 4.60. The zero-order chi connectivity index (χ0) is 28.2. The van der Waals surface area contributed by atoms with Crippen LogP contribution in [0.3, 0.4) is 0 Å². The van der Waals surface area contributed by atoms with Crippen LogP contribution in [0.4, 0.5) is 13.2 Å². The van der Waals surface area contributed by atoms with Gasteiger partial charge in [0.2, 0.25) is 5.88 Å². The first-order valence-electron chi connectivity index (χ1n) is 12.6. The van der Waals surface area contributed by atoms with Crippen molar-refractivity contribution in [3.05, 3.63) is 76.5 Å². The van der Waals surface area contributed by atoms with Crippen LogP contribution in [0.1, 0.15) is 82.3 Å². The first kappa shape index (κ1) is 28.1. The van der Waals surface area contributed by atoms with Crippen molar-refractivity contribution < 1.29 is 32.2 Å². The minimum Gasteiger partial charge on any atom is -0.481 e. The summed E-state index contributed by atoms with van der Waals surface area (Å²) < 4.78 is 51.2. The minimum atomic E-state index is -4.55. The highest BCUT2D eigenvalue weighted by Crippen LogP contribution is 2.29. The van der Waals surface area contributed by atoms with Gasteiger partial charge in [0, 0.05) is 18.8 Å². The summed E-state index contributed by atoms with van der Waals surface area (Å²) in [6.45, 7) is 4.64. The highest BCUT2D eigenvalue weighted by Gasteiger charge is 2.33. The zero-order valence-electron chi connectivity index (χ0n) is 21.8. The van der Waals surface area contributed by atoms with Gasteiger partial charge in [-0.1, -0.05) is 26.0 Å². The summed E-state index contributed by atoms with van der Waals surface area (Å²) >= 11 is 0. The van der Waals surface area contributed by atoms with E-state index in [1.54, 1.807) is 29.7 Å². The van der Waals surface area contributed by atoms with Crippen molar-refractivity contribution in [2.45, 2.75) is 58.1 Å². The van der Waals surface area contributed by atoms with E-state index in [1.165, 1.54) is 19.2 Å². The van der Waals surface area contributed by atoms with Crippen molar-refractivity contribution in [1.82, 2.24) is 25.2 Å². The summed E-state index contributed by atoms with van der Waals surface area (Å²) in [5.41, 5.74) is 1.22. The Morgan fingerprint density at radius 2 is 1.85 bits per heavy atom. The third-order valence-electron chi connectivity index (χ3n) is 6.60. The molecule has 0 saturated carbocycles. The molecule has 3 aromatic rings. The molecule has 2 N–H and O–H groups in total. The average molecular weight is 546 g/mol. The molecule has 0 radical (unpaired) electrons. The number of nitrogens with one attached hydrogen (secondary N) is 2. The fourth-order valence-electron chi connectivity index (χ4n) is 4.50. The van der Waals surface area contributed by atoms with Gasteiger partial charge < -0.3 is 24.7 Å². The highest BCUT2D eigenvalue weighted by molar-refractivity contribution is 6.01. The number of carbonyl (C=O) groups excluding carboxylic acids is 2. The van der Waals surface area contributed by atoms with E-state index in [4.69, 9.17) is 9.47 Å². The molecular formula is C27H30F3N5O4. The van der Waals surface area contributed by atoms with Gasteiger partial charge in [0.25, 0.3) is 11.8 Å². The van der Waals surface area contributed by atoms with Crippen LogP contribution in [0, 0.1) is 0 Å². The summed E-state index contributed by atoms with van der Waals surface area (Å²) in [5.74, 6) is -0.394. The van der Waals surface area contributed by atoms with Crippen molar-refractivity contribution in [1.29, 1.82) is 0 Å². The average Bonchev–Trinajstić information content (AvgIpc) is 3.34. The number of hydrogen-bond donors (Lipinski definition) is 2. The topological polar surface area (TPSA) is 107 Å². The monoisotopic (exact) mass is 545 g/mol. The molecule has 3 aromatic heterocycles. The van der Waals surface area contributed by atoms with Gasteiger partial charge in [-0.15, -0.1) is 0 Å². The van der Waals surface area contributed by atoms with E-state index >= 15 is 0 Å². The molecular weight excluding hydrogens is 515 g/mol. The van der Waals surface area contributed by atoms with Gasteiger partial charge in [0.1, 0.15) is 11.4 Å². The Labute approximate surface area is 223 Å². The van der Waals surface area contributed by atoms with Gasteiger partial charge in [0.05, 0.1) is 49.4 Å². The Balaban J connectivity index is 1.56. The molecule has 12 heteroatoms. The minimum absolute atomic E-state index is 0.142. The maximum Gasteiger partial charge on any atom is 0.433 e. The molecule has 2 atom stereocenters. The fourth-order valence-corrected chi connectivity index (χ4v) is 4.50. The lowest BCUT2D eigenvalue weighted by Gasteiger charge is -2.21. The fraction of sp³-hybridized carbons (Fsp3) is 0.407. The lowest BCUT2D eigenvalue weighted by atomic mass is 10.1. The molecule has 0 aromatic carbocycles. The van der Waals surface area contributed by atoms with Crippen molar-refractivity contribution >= 4 is 11.8 Å². The van der Waals surface area contributed by atoms with E-state index in [9.17, 15) is 22.8 Å². The molecule has 0 unspecified atom stereocenters. The molecule has 0 saturated heterocycles. The first-order chi connectivity index (χ1) is 18.7. The smallest absolute Gasteiger partial charge is 0.433 e. The van der Waals surface area contributed by atoms with E-state index in [0.717, 1.165) is 12.3 Å². The third kappa shape index (κ3) is 6.22. The van der Waals surface area contributed by atoms with E-state index in [0.29, 0.717) is 54.5 Å². The largest absolute Gasteiger partial charge is 0.481 e. The van der Waals surface area contributed by atoms with Gasteiger partial charge in [0.15, 0.2) is 0 Å². The van der Waals surface area contributed by atoms with E-state index in [-0.39, 0.29) is 24.1 Å². The lowest BCUT2D eigenvalue weighted by Crippen LogP contribution is -2.32. The van der Waals surface area contributed by atoms with E-state index in [2.05, 4.69) is 20.6 Å². The Morgan fingerprint density at radius 3 is 2.49 bits per heavy atom. The van der Waals surface area contributed by atoms with Crippen LogP contribution >= 0.6 is 0 Å². The number of pyridine rings is 2. The number of amides is 2. The normalized spacial score (nSPS) is 14.7. The number of nitrogens with zero attached hydrogens (tertiary/aromatic N) is 3. The second-order valence-electron chi connectivity index (χ2n) is 9.04. The molecule has 208 valence electrons. The second-order valence-corrected chi connectivity index (χ2v) is 9.04. The Kier molecular flexibility index (Phi) is 8.54. The van der Waals surface area contributed by atoms with Gasteiger partial charge in [-0.2, -0.15) is 13.2 Å². The van der Waals surface area contributed by atoms with E-state index in [1.807, 2.05) is 6.92 Å². The lowest BCUT2D eigenvalue weighted by molar-refractivity contribution is -0.141. The predicted molar refractivity (Wildman–Crippen MR) is 135 cm³/mol. The van der Waals surface area contributed by atoms with Crippen LogP contribution in [-0.2, 0) is 24.1 Å². The van der Waals surface area contributed by atoms with Gasteiger partial charge >= 0.3 is 6.18 Å². The molecule has 0 fully saturated rings. The molecule has 1 aliphatic rings. The number of ether oxygens (including phenoxy) is 2. The SMILES string of the molecule is CC[C@@H](NC(=O)c1cc(C(=O)N[C@H](CC)c2cccc(OC)n2)n2c1COCC2)c1ccc(C(F)(F)F)nc1. The summed E-state index contributed by atoms with van der Waals surface area (Å²) in [7, 11) is 1.52. The number of alkyl halides is 3. The Morgan fingerprint density at radius 1 is 1.10 bits per heavy atom. The number of hydrogen-bond acceptors (Lipinski definition) is 6. The van der Waals surface area contributed by atoms with Crippen molar-refractivity contribution in [2.24, 2.45) is 0 Å². The molecule has 0 spiro atoms. The molecule has 0 bridgehead atoms. The van der Waals surface area contributed by atoms with Crippen LogP contribution in [0.2, 0.25) is 0 Å². The maximum absolute atomic E-state index is 13.4. The first-order valence-corrected chi connectivity index (χ1v) is 12.6. The summed E-state index contributed by atoms with van der Waals surface area (Å²) in [5, 5.41) is 5.86. The van der Waals surface area contributed by atoms with Gasteiger partial charge in [-0.3, -0.25) is 14.6 Å². The number of methoxy groups -OCH3 is 1. The number of halogens is 3. The van der Waals surface area contributed by atoms with Crippen LogP contribution < -0.4 is 15.4 Å². The number of rotatable bonds is 9. The summed E-state index contributed by atoms with van der Waals surface area (Å²) in [6.07, 6.45) is -2.43. The summed E-state index contributed by atoms with van der Waals surface area (Å²) in [4.78, 5) is 34.7. The third-order valence-corrected chi connectivity index (χ3v) is 6.60. The van der Waals surface area contributed by atoms with Crippen molar-refractivity contribution in [3.8, 4) is 5.88 Å². The van der Waals surface area contributed by atoms with Gasteiger partial charge in [-0.05, 0) is 36.6 Å². The van der Waals surface area contributed by atoms with Crippen LogP contribution in [-0.4, -0.2) is 40.1 Å². The maximum atomic E-state index is 13.4. The van der Waals surface area contributed by atoms with Crippen molar-refractivity contribution in [2.75, 3.05) is 13.7 Å². The molecule has 39 heavy (non-hydrogen) atoms. The van der Waals surface area contributed by atoms with E-state index < -0.39 is 23.8 Å². The van der Waals surface area contributed by atoms with Crippen LogP contribution in [0.15, 0.2) is 42.6 Å². The highest BCUT2D eigenvalue weighted by atomic mass is 19.4. The van der Waals surface area contributed by atoms with Gasteiger partial charge in [-0.25, -0.2) is 4.98 Å². The number of carbonyl (C=O) groups is 2. The molecule has 2 amide bonds. The number of fused-ring (bicyclic) bond motifs is 1. The molecule has 9 nitrogen and oxygen atoms in total. The second kappa shape index (κ2) is 11.9. The molecule has 1 aliphatic heterocycles.